The number of rotatable bonds is 11. The van der Waals surface area contributed by atoms with E-state index in [1.807, 2.05) is 29.7 Å². The summed E-state index contributed by atoms with van der Waals surface area (Å²) in [6.45, 7) is 3.55. The number of hydrogen-bond donors (Lipinski definition) is 3. The first-order valence-corrected chi connectivity index (χ1v) is 13.6. The van der Waals surface area contributed by atoms with E-state index in [1.165, 1.54) is 34.5 Å². The van der Waals surface area contributed by atoms with E-state index in [0.29, 0.717) is 17.1 Å². The van der Waals surface area contributed by atoms with Crippen LogP contribution in [0.25, 0.3) is 6.08 Å². The standard InChI is InChI=1S/C22H21N7O5S3/c1-2-8-34-27-14(17-26-22(23)37-28-17)18(30)25-15-19(31)29-16(21(32)33)12(11-36-20(15)29)10-35-9-6-13-5-3-4-7-24-13/h2-7,9,15,20H,1,8,10-11H2,(H,25,30)(H,32,33)(H2,23,26,28)/b9-6-,27-14+. The number of anilines is 1. The molecular formula is C22H21N7O5S3. The zero-order valence-electron chi connectivity index (χ0n) is 19.1. The van der Waals surface area contributed by atoms with E-state index in [4.69, 9.17) is 10.6 Å². The minimum Gasteiger partial charge on any atom is -0.477 e. The molecule has 2 unspecified atom stereocenters. The van der Waals surface area contributed by atoms with Crippen LogP contribution in [0.15, 0.2) is 58.9 Å². The number of fused-ring (bicyclic) bond motifs is 1. The maximum atomic E-state index is 13.0. The topological polar surface area (TPSA) is 173 Å². The predicted octanol–water partition coefficient (Wildman–Crippen LogP) is 1.56. The summed E-state index contributed by atoms with van der Waals surface area (Å²) in [6, 6.07) is 4.59. The molecule has 0 radical (unpaired) electrons. The molecule has 2 atom stereocenters. The smallest absolute Gasteiger partial charge is 0.352 e. The monoisotopic (exact) mass is 559 g/mol. The van der Waals surface area contributed by atoms with Crippen LogP contribution in [0.2, 0.25) is 0 Å². The zero-order valence-corrected chi connectivity index (χ0v) is 21.6. The van der Waals surface area contributed by atoms with E-state index in [2.05, 4.69) is 31.4 Å². The Morgan fingerprint density at radius 2 is 2.27 bits per heavy atom. The molecule has 0 aliphatic carbocycles. The quantitative estimate of drug-likeness (QED) is 0.120. The summed E-state index contributed by atoms with van der Waals surface area (Å²) in [5.74, 6) is -1.75. The highest BCUT2D eigenvalue weighted by Crippen LogP contribution is 2.41. The molecule has 2 amide bonds. The molecule has 1 fully saturated rings. The van der Waals surface area contributed by atoms with E-state index in [9.17, 15) is 19.5 Å². The lowest BCUT2D eigenvalue weighted by Gasteiger charge is -2.49. The van der Waals surface area contributed by atoms with Crippen LogP contribution in [-0.2, 0) is 19.2 Å². The highest BCUT2D eigenvalue weighted by Gasteiger charge is 2.54. The molecule has 4 rings (SSSR count). The number of carboxylic acid groups (broad SMARTS) is 1. The summed E-state index contributed by atoms with van der Waals surface area (Å²) in [7, 11) is 0. The Kier molecular flexibility index (Phi) is 8.58. The number of nitrogens with zero attached hydrogens (tertiary/aromatic N) is 5. The molecule has 4 N–H and O–H groups in total. The lowest BCUT2D eigenvalue weighted by Crippen LogP contribution is -2.71. The first-order valence-electron chi connectivity index (χ1n) is 10.7. The van der Waals surface area contributed by atoms with E-state index >= 15 is 0 Å². The van der Waals surface area contributed by atoms with Crippen LogP contribution in [-0.4, -0.2) is 77.4 Å². The molecule has 4 heterocycles. The third-order valence-electron chi connectivity index (χ3n) is 5.03. The van der Waals surface area contributed by atoms with Crippen LogP contribution in [0.5, 0.6) is 0 Å². The van der Waals surface area contributed by atoms with Crippen molar-refractivity contribution < 1.29 is 24.3 Å². The Balaban J connectivity index is 1.45. The Morgan fingerprint density at radius 3 is 2.95 bits per heavy atom. The van der Waals surface area contributed by atoms with E-state index in [1.54, 1.807) is 6.20 Å². The van der Waals surface area contributed by atoms with E-state index < -0.39 is 29.2 Å². The van der Waals surface area contributed by atoms with Gasteiger partial charge in [-0.15, -0.1) is 23.5 Å². The van der Waals surface area contributed by atoms with Crippen molar-refractivity contribution in [3.8, 4) is 0 Å². The first kappa shape index (κ1) is 26.4. The van der Waals surface area contributed by atoms with Gasteiger partial charge >= 0.3 is 5.97 Å². The summed E-state index contributed by atoms with van der Waals surface area (Å²) in [5, 5.41) is 17.6. The number of amides is 2. The summed E-state index contributed by atoms with van der Waals surface area (Å²) >= 11 is 3.65. The van der Waals surface area contributed by atoms with Crippen molar-refractivity contribution in [1.29, 1.82) is 0 Å². The predicted molar refractivity (Wildman–Crippen MR) is 142 cm³/mol. The van der Waals surface area contributed by atoms with Gasteiger partial charge in [-0.1, -0.05) is 23.9 Å². The van der Waals surface area contributed by atoms with Gasteiger partial charge in [0.1, 0.15) is 23.7 Å². The first-order chi connectivity index (χ1) is 17.9. The van der Waals surface area contributed by atoms with Gasteiger partial charge in [-0.25, -0.2) is 4.79 Å². The van der Waals surface area contributed by atoms with Crippen LogP contribution in [0.3, 0.4) is 0 Å². The number of carboxylic acids is 1. The van der Waals surface area contributed by atoms with Gasteiger partial charge in [-0.3, -0.25) is 19.5 Å². The Hall–Kier alpha value is -3.69. The van der Waals surface area contributed by atoms with Crippen LogP contribution < -0.4 is 11.1 Å². The van der Waals surface area contributed by atoms with E-state index in [0.717, 1.165) is 17.2 Å². The number of oxime groups is 1. The van der Waals surface area contributed by atoms with Gasteiger partial charge in [0.15, 0.2) is 5.13 Å². The lowest BCUT2D eigenvalue weighted by molar-refractivity contribution is -0.150. The molecule has 2 aliphatic rings. The van der Waals surface area contributed by atoms with Crippen LogP contribution in [0, 0.1) is 0 Å². The van der Waals surface area contributed by atoms with Gasteiger partial charge in [0, 0.05) is 29.2 Å². The van der Waals surface area contributed by atoms with Crippen molar-refractivity contribution in [3.63, 3.8) is 0 Å². The second-order valence-electron chi connectivity index (χ2n) is 7.47. The minimum absolute atomic E-state index is 0.0373. The number of hydrogen-bond acceptors (Lipinski definition) is 12. The molecule has 1 saturated heterocycles. The van der Waals surface area contributed by atoms with Gasteiger partial charge in [0.05, 0.1) is 5.69 Å². The number of carbonyl (C=O) groups is 3. The maximum Gasteiger partial charge on any atom is 0.352 e. The maximum absolute atomic E-state index is 13.0. The molecule has 2 aromatic rings. The molecule has 0 aromatic carbocycles. The highest BCUT2D eigenvalue weighted by atomic mass is 32.2. The zero-order chi connectivity index (χ0) is 26.4. The number of nitrogen functional groups attached to an aromatic ring is 1. The van der Waals surface area contributed by atoms with Crippen LogP contribution in [0.1, 0.15) is 11.5 Å². The van der Waals surface area contributed by atoms with Crippen LogP contribution >= 0.6 is 35.1 Å². The minimum atomic E-state index is -1.20. The molecule has 12 nitrogen and oxygen atoms in total. The van der Waals surface area contributed by atoms with Crippen molar-refractivity contribution in [3.05, 3.63) is 65.2 Å². The van der Waals surface area contributed by atoms with Crippen molar-refractivity contribution in [2.75, 3.05) is 23.8 Å². The number of aromatic nitrogens is 3. The normalized spacial score (nSPS) is 19.4. The van der Waals surface area contributed by atoms with Gasteiger partial charge in [-0.2, -0.15) is 9.36 Å². The molecule has 0 saturated carbocycles. The van der Waals surface area contributed by atoms with Crippen molar-refractivity contribution in [2.24, 2.45) is 5.16 Å². The Bertz CT molecular complexity index is 1290. The summed E-state index contributed by atoms with van der Waals surface area (Å²) in [5.41, 5.74) is 6.70. The number of nitrogens with one attached hydrogen (secondary N) is 1. The lowest BCUT2D eigenvalue weighted by atomic mass is 10.0. The largest absolute Gasteiger partial charge is 0.477 e. The number of carbonyl (C=O) groups excluding carboxylic acids is 2. The van der Waals surface area contributed by atoms with Crippen LogP contribution in [0.4, 0.5) is 5.13 Å². The average Bonchev–Trinajstić information content (AvgIpc) is 3.33. The van der Waals surface area contributed by atoms with Gasteiger partial charge < -0.3 is 21.0 Å². The molecule has 15 heteroatoms. The second kappa shape index (κ2) is 12.0. The molecule has 0 spiro atoms. The van der Waals surface area contributed by atoms with Gasteiger partial charge in [0.2, 0.25) is 11.5 Å². The molecule has 0 bridgehead atoms. The third kappa shape index (κ3) is 6.00. The molecule has 2 aromatic heterocycles. The van der Waals surface area contributed by atoms with Crippen molar-refractivity contribution >= 4 is 69.8 Å². The Morgan fingerprint density at radius 1 is 1.43 bits per heavy atom. The fourth-order valence-electron chi connectivity index (χ4n) is 3.41. The number of pyridine rings is 1. The third-order valence-corrected chi connectivity index (χ3v) is 7.76. The Labute approximate surface area is 223 Å². The number of thioether (sulfide) groups is 2. The number of nitrogens with two attached hydrogens (primary N) is 1. The summed E-state index contributed by atoms with van der Waals surface area (Å²) in [4.78, 5) is 52.4. The number of β-lactam (4-membered cyclic amide) rings is 1. The molecule has 37 heavy (non-hydrogen) atoms. The van der Waals surface area contributed by atoms with Gasteiger partial charge in [-0.05, 0) is 29.2 Å². The SMILES string of the molecule is C=CCO/N=C(/C(=O)NC1C(=O)N2C(C(=O)O)=C(CS/C=C\c3ccccn3)CSC12)c1nsc(N)n1. The molecular weight excluding hydrogens is 538 g/mol. The molecule has 2 aliphatic heterocycles. The van der Waals surface area contributed by atoms with Crippen molar-refractivity contribution in [1.82, 2.24) is 24.6 Å². The fraction of sp³-hybridized carbons (Fsp3) is 0.227. The second-order valence-corrected chi connectivity index (χ2v) is 10.2. The summed E-state index contributed by atoms with van der Waals surface area (Å²) in [6.07, 6.45) is 4.95. The average molecular weight is 560 g/mol. The van der Waals surface area contributed by atoms with Crippen molar-refractivity contribution in [2.45, 2.75) is 11.4 Å². The summed E-state index contributed by atoms with van der Waals surface area (Å²) < 4.78 is 3.98. The van der Waals surface area contributed by atoms with Gasteiger partial charge in [0.25, 0.3) is 11.8 Å². The molecule has 192 valence electrons. The fourth-order valence-corrected chi connectivity index (χ4v) is 6.10. The highest BCUT2D eigenvalue weighted by molar-refractivity contribution is 8.02. The van der Waals surface area contributed by atoms with E-state index in [-0.39, 0.29) is 29.0 Å². The number of aliphatic carboxylic acids is 1.